The van der Waals surface area contributed by atoms with Gasteiger partial charge in [-0.3, -0.25) is 19.5 Å². The number of amides is 2. The maximum absolute atomic E-state index is 11.8. The third-order valence-electron chi connectivity index (χ3n) is 2.40. The Kier molecular flexibility index (Phi) is 2.64. The smallest absolute Gasteiger partial charge is 0.273 e. The van der Waals surface area contributed by atoms with Crippen LogP contribution in [0.5, 0.6) is 0 Å². The molecule has 0 radical (unpaired) electrons. The summed E-state index contributed by atoms with van der Waals surface area (Å²) in [6, 6.07) is 5.20. The second kappa shape index (κ2) is 4.11. The summed E-state index contributed by atoms with van der Waals surface area (Å²) < 4.78 is 0. The van der Waals surface area contributed by atoms with Crippen molar-refractivity contribution < 1.29 is 9.59 Å². The van der Waals surface area contributed by atoms with E-state index in [2.05, 4.69) is 4.98 Å². The summed E-state index contributed by atoms with van der Waals surface area (Å²) in [5.41, 5.74) is 0.564. The summed E-state index contributed by atoms with van der Waals surface area (Å²) in [6.07, 6.45) is 2.32. The molecular weight excluding hydrogens is 206 g/mol. The molecule has 1 aromatic rings. The van der Waals surface area contributed by atoms with Crippen LogP contribution in [0.25, 0.3) is 0 Å². The lowest BCUT2D eigenvalue weighted by Crippen LogP contribution is -2.30. The van der Waals surface area contributed by atoms with Crippen LogP contribution in [-0.4, -0.2) is 28.2 Å². The van der Waals surface area contributed by atoms with E-state index in [1.165, 1.54) is 6.20 Å². The van der Waals surface area contributed by atoms with Gasteiger partial charge >= 0.3 is 0 Å². The van der Waals surface area contributed by atoms with E-state index >= 15 is 0 Å². The van der Waals surface area contributed by atoms with E-state index in [0.29, 0.717) is 18.4 Å². The molecule has 1 aliphatic heterocycles. The van der Waals surface area contributed by atoms with Crippen LogP contribution < -0.4 is 0 Å². The van der Waals surface area contributed by atoms with Gasteiger partial charge in [0.2, 0.25) is 0 Å². The molecule has 1 aliphatic rings. The highest BCUT2D eigenvalue weighted by Crippen LogP contribution is 2.20. The number of unbranched alkanes of at least 4 members (excludes halogenated alkanes) is 1. The molecule has 16 heavy (non-hydrogen) atoms. The summed E-state index contributed by atoms with van der Waals surface area (Å²) in [7, 11) is 0. The van der Waals surface area contributed by atoms with Gasteiger partial charge in [0.1, 0.15) is 5.69 Å². The molecule has 0 spiro atoms. The van der Waals surface area contributed by atoms with Gasteiger partial charge in [-0.05, 0) is 18.6 Å². The van der Waals surface area contributed by atoms with Crippen LogP contribution in [0.4, 0.5) is 0 Å². The van der Waals surface area contributed by atoms with Crippen molar-refractivity contribution >= 4 is 11.8 Å². The van der Waals surface area contributed by atoms with Gasteiger partial charge in [-0.2, -0.15) is 5.26 Å². The van der Waals surface area contributed by atoms with E-state index < -0.39 is 0 Å². The Morgan fingerprint density at radius 1 is 1.38 bits per heavy atom. The lowest BCUT2D eigenvalue weighted by Gasteiger charge is -2.11. The monoisotopic (exact) mass is 215 g/mol. The fourth-order valence-corrected chi connectivity index (χ4v) is 1.63. The average Bonchev–Trinajstić information content (AvgIpc) is 2.55. The molecule has 0 bridgehead atoms. The maximum Gasteiger partial charge on any atom is 0.280 e. The lowest BCUT2D eigenvalue weighted by molar-refractivity contribution is 0.0651. The Balaban J connectivity index is 2.19. The molecule has 1 aromatic heterocycles. The van der Waals surface area contributed by atoms with Crippen molar-refractivity contribution in [3.63, 3.8) is 0 Å². The van der Waals surface area contributed by atoms with Crippen LogP contribution >= 0.6 is 0 Å². The fourth-order valence-electron chi connectivity index (χ4n) is 1.63. The zero-order valence-electron chi connectivity index (χ0n) is 8.51. The van der Waals surface area contributed by atoms with Crippen molar-refractivity contribution in [2.45, 2.75) is 12.8 Å². The topological polar surface area (TPSA) is 74.1 Å². The Hall–Kier alpha value is -2.22. The zero-order valence-corrected chi connectivity index (χ0v) is 8.51. The van der Waals surface area contributed by atoms with E-state index in [1.54, 1.807) is 12.1 Å². The standard InChI is InChI=1S/C11H9N3O2/c12-5-1-2-7-14-10(15)8-4-3-6-13-9(8)11(14)16/h3-4,6H,1-2,7H2. The van der Waals surface area contributed by atoms with E-state index in [0.717, 1.165) is 4.90 Å². The van der Waals surface area contributed by atoms with E-state index in [4.69, 9.17) is 5.26 Å². The number of nitrogens with zero attached hydrogens (tertiary/aromatic N) is 3. The summed E-state index contributed by atoms with van der Waals surface area (Å²) >= 11 is 0. The molecule has 0 aliphatic carbocycles. The van der Waals surface area contributed by atoms with Gasteiger partial charge in [0, 0.05) is 19.2 Å². The van der Waals surface area contributed by atoms with Crippen LogP contribution in [0.1, 0.15) is 33.7 Å². The molecule has 0 unspecified atom stereocenters. The Morgan fingerprint density at radius 2 is 2.19 bits per heavy atom. The van der Waals surface area contributed by atoms with Crippen molar-refractivity contribution in [2.24, 2.45) is 0 Å². The highest BCUT2D eigenvalue weighted by atomic mass is 16.2. The normalized spacial score (nSPS) is 13.8. The second-order valence-electron chi connectivity index (χ2n) is 3.42. The molecule has 0 atom stereocenters. The number of pyridine rings is 1. The highest BCUT2D eigenvalue weighted by molar-refractivity contribution is 6.20. The number of nitriles is 1. The van der Waals surface area contributed by atoms with Gasteiger partial charge in [0.05, 0.1) is 11.6 Å². The first-order valence-corrected chi connectivity index (χ1v) is 4.94. The van der Waals surface area contributed by atoms with Crippen molar-refractivity contribution in [1.82, 2.24) is 9.88 Å². The van der Waals surface area contributed by atoms with Crippen molar-refractivity contribution in [3.05, 3.63) is 29.6 Å². The van der Waals surface area contributed by atoms with Gasteiger partial charge < -0.3 is 0 Å². The van der Waals surface area contributed by atoms with Gasteiger partial charge in [0.25, 0.3) is 11.8 Å². The predicted molar refractivity (Wildman–Crippen MR) is 54.5 cm³/mol. The number of hydrogen-bond donors (Lipinski definition) is 0. The first kappa shape index (κ1) is 10.3. The number of imide groups is 1. The lowest BCUT2D eigenvalue weighted by atomic mass is 10.2. The molecule has 5 heteroatoms. The van der Waals surface area contributed by atoms with Crippen LogP contribution in [-0.2, 0) is 0 Å². The Labute approximate surface area is 92.3 Å². The third-order valence-corrected chi connectivity index (χ3v) is 2.40. The van der Waals surface area contributed by atoms with Crippen LogP contribution in [0.15, 0.2) is 18.3 Å². The number of hydrogen-bond acceptors (Lipinski definition) is 4. The summed E-state index contributed by atoms with van der Waals surface area (Å²) in [5, 5.41) is 8.39. The molecule has 0 fully saturated rings. The van der Waals surface area contributed by atoms with Gasteiger partial charge in [-0.25, -0.2) is 0 Å². The van der Waals surface area contributed by atoms with Crippen LogP contribution in [0.2, 0.25) is 0 Å². The molecule has 0 aromatic carbocycles. The summed E-state index contributed by atoms with van der Waals surface area (Å²) in [4.78, 5) is 28.6. The zero-order chi connectivity index (χ0) is 11.5. The van der Waals surface area contributed by atoms with Crippen molar-refractivity contribution in [3.8, 4) is 6.07 Å². The molecule has 5 nitrogen and oxygen atoms in total. The van der Waals surface area contributed by atoms with E-state index in [9.17, 15) is 9.59 Å². The molecule has 0 saturated heterocycles. The number of carbonyl (C=O) groups is 2. The molecule has 2 rings (SSSR count). The largest absolute Gasteiger partial charge is 0.280 e. The summed E-state index contributed by atoms with van der Waals surface area (Å²) in [6.45, 7) is 0.279. The highest BCUT2D eigenvalue weighted by Gasteiger charge is 2.35. The first-order chi connectivity index (χ1) is 7.75. The summed E-state index contributed by atoms with van der Waals surface area (Å²) in [5.74, 6) is -0.676. The fraction of sp³-hybridized carbons (Fsp3) is 0.273. The van der Waals surface area contributed by atoms with E-state index in [1.807, 2.05) is 6.07 Å². The maximum atomic E-state index is 11.8. The number of fused-ring (bicyclic) bond motifs is 1. The van der Waals surface area contributed by atoms with Gasteiger partial charge in [-0.1, -0.05) is 0 Å². The minimum atomic E-state index is -0.362. The molecule has 0 saturated carbocycles. The third kappa shape index (κ3) is 1.54. The molecule has 2 heterocycles. The second-order valence-corrected chi connectivity index (χ2v) is 3.42. The molecule has 80 valence electrons. The number of aromatic nitrogens is 1. The number of rotatable bonds is 3. The van der Waals surface area contributed by atoms with Crippen molar-refractivity contribution in [1.29, 1.82) is 5.26 Å². The number of carbonyl (C=O) groups excluding carboxylic acids is 2. The average molecular weight is 215 g/mol. The van der Waals surface area contributed by atoms with Crippen LogP contribution in [0.3, 0.4) is 0 Å². The van der Waals surface area contributed by atoms with E-state index in [-0.39, 0.29) is 24.1 Å². The molecule has 2 amide bonds. The van der Waals surface area contributed by atoms with Crippen LogP contribution in [0, 0.1) is 11.3 Å². The minimum Gasteiger partial charge on any atom is -0.273 e. The molecule has 0 N–H and O–H groups in total. The van der Waals surface area contributed by atoms with Gasteiger partial charge in [0.15, 0.2) is 0 Å². The quantitative estimate of drug-likeness (QED) is 0.556. The Morgan fingerprint density at radius 3 is 2.88 bits per heavy atom. The van der Waals surface area contributed by atoms with Crippen molar-refractivity contribution in [2.75, 3.05) is 6.54 Å². The first-order valence-electron chi connectivity index (χ1n) is 4.94. The molecular formula is C11H9N3O2. The van der Waals surface area contributed by atoms with Gasteiger partial charge in [-0.15, -0.1) is 0 Å². The SMILES string of the molecule is N#CCCCN1C(=O)c2cccnc2C1=O. The minimum absolute atomic E-state index is 0.212. The Bertz CT molecular complexity index is 455. The predicted octanol–water partition coefficient (Wildman–Crippen LogP) is 0.981.